The predicted octanol–water partition coefficient (Wildman–Crippen LogP) is -1.69. The first-order valence-corrected chi connectivity index (χ1v) is 7.28. The van der Waals surface area contributed by atoms with Crippen LogP contribution in [0.3, 0.4) is 0 Å². The lowest BCUT2D eigenvalue weighted by atomic mass is 9.83. The first-order valence-electron chi connectivity index (χ1n) is 4.95. The van der Waals surface area contributed by atoms with E-state index in [1.54, 1.807) is 0 Å². The van der Waals surface area contributed by atoms with Crippen molar-refractivity contribution in [3.8, 4) is 0 Å². The van der Waals surface area contributed by atoms with Crippen LogP contribution >= 0.6 is 17.2 Å². The molecule has 0 rings (SSSR count). The van der Waals surface area contributed by atoms with Gasteiger partial charge in [-0.1, -0.05) is 6.08 Å². The third-order valence-electron chi connectivity index (χ3n) is 2.19. The van der Waals surface area contributed by atoms with Crippen LogP contribution in [0, 0.1) is 5.41 Å². The third kappa shape index (κ3) is 9.73. The van der Waals surface area contributed by atoms with Crippen LogP contribution in [0.4, 0.5) is 0 Å². The summed E-state index contributed by atoms with van der Waals surface area (Å²) < 4.78 is 3.60. The van der Waals surface area contributed by atoms with Crippen molar-refractivity contribution in [2.75, 3.05) is 19.8 Å². The highest BCUT2D eigenvalue weighted by Crippen LogP contribution is 2.41. The number of rotatable bonds is 8. The zero-order valence-electron chi connectivity index (χ0n) is 10.1. The fraction of sp³-hybridized carbons (Fsp3) is 0.750. The van der Waals surface area contributed by atoms with Gasteiger partial charge >= 0.3 is 17.2 Å². The lowest BCUT2D eigenvalue weighted by molar-refractivity contribution is -0.0813. The summed E-state index contributed by atoms with van der Waals surface area (Å²) in [5.74, 6) is 0. The van der Waals surface area contributed by atoms with Gasteiger partial charge in [0.2, 0.25) is 0 Å². The smallest absolute Gasteiger partial charge is 0.334 e. The summed E-state index contributed by atoms with van der Waals surface area (Å²) in [6, 6.07) is 0. The molecule has 0 aromatic heterocycles. The molecule has 1 atom stereocenters. The van der Waals surface area contributed by atoms with Gasteiger partial charge in [0.15, 0.2) is 0 Å². The van der Waals surface area contributed by atoms with Gasteiger partial charge in [-0.2, -0.15) is 0 Å². The van der Waals surface area contributed by atoms with Crippen molar-refractivity contribution in [3.05, 3.63) is 12.7 Å². The second-order valence-corrected chi connectivity index (χ2v) is 5.13. The van der Waals surface area contributed by atoms with Gasteiger partial charge in [0.25, 0.3) is 0 Å². The van der Waals surface area contributed by atoms with Gasteiger partial charge in [-0.25, -0.2) is 4.31 Å². The van der Waals surface area contributed by atoms with Crippen LogP contribution in [0.5, 0.6) is 0 Å². The molecular formula is C8H20O9P2. The lowest BCUT2D eigenvalue weighted by Crippen LogP contribution is -2.44. The summed E-state index contributed by atoms with van der Waals surface area (Å²) in [7, 11) is -5.22. The summed E-state index contributed by atoms with van der Waals surface area (Å²) in [6.45, 7) is 2.06. The number of aliphatic hydroxyl groups excluding tert-OH is 4. The third-order valence-corrected chi connectivity index (χ3v) is 3.36. The van der Waals surface area contributed by atoms with E-state index in [0.717, 1.165) is 0 Å². The Morgan fingerprint density at radius 1 is 1.00 bits per heavy atom. The van der Waals surface area contributed by atoms with Gasteiger partial charge in [-0.3, -0.25) is 0 Å². The molecule has 0 aromatic carbocycles. The van der Waals surface area contributed by atoms with E-state index in [4.69, 9.17) is 34.9 Å². The van der Waals surface area contributed by atoms with Crippen molar-refractivity contribution < 1.29 is 44.3 Å². The van der Waals surface area contributed by atoms with Gasteiger partial charge < -0.3 is 40.0 Å². The van der Waals surface area contributed by atoms with E-state index in [2.05, 4.69) is 10.9 Å². The maximum atomic E-state index is 9.41. The van der Waals surface area contributed by atoms with Crippen LogP contribution in [0.2, 0.25) is 0 Å². The molecule has 0 fully saturated rings. The number of hydrogen-bond donors (Lipinski definition) is 8. The van der Waals surface area contributed by atoms with Crippen LogP contribution in [0.25, 0.3) is 0 Å². The van der Waals surface area contributed by atoms with Crippen LogP contribution in [-0.2, 0) is 4.31 Å². The van der Waals surface area contributed by atoms with Gasteiger partial charge in [0.1, 0.15) is 0 Å². The Labute approximate surface area is 113 Å². The van der Waals surface area contributed by atoms with Crippen molar-refractivity contribution in [2.45, 2.75) is 12.5 Å². The van der Waals surface area contributed by atoms with Crippen molar-refractivity contribution in [1.82, 2.24) is 0 Å². The topological polar surface area (TPSA) is 171 Å². The Hall–Kier alpha value is 0.240. The minimum atomic E-state index is -2.61. The highest BCUT2D eigenvalue weighted by molar-refractivity contribution is 7.53. The van der Waals surface area contributed by atoms with Gasteiger partial charge in [-0.05, 0) is 6.42 Å². The van der Waals surface area contributed by atoms with Crippen LogP contribution < -0.4 is 0 Å². The van der Waals surface area contributed by atoms with E-state index < -0.39 is 48.5 Å². The predicted molar refractivity (Wildman–Crippen MR) is 68.3 cm³/mol. The zero-order valence-corrected chi connectivity index (χ0v) is 11.9. The molecule has 0 aliphatic rings. The molecule has 19 heavy (non-hydrogen) atoms. The van der Waals surface area contributed by atoms with Gasteiger partial charge in [0, 0.05) is 0 Å². The molecule has 0 saturated carbocycles. The van der Waals surface area contributed by atoms with E-state index in [1.165, 1.54) is 6.08 Å². The molecule has 8 N–H and O–H groups in total. The number of hydrogen-bond acceptors (Lipinski definition) is 9. The summed E-state index contributed by atoms with van der Waals surface area (Å²) in [5, 5.41) is 36.0. The van der Waals surface area contributed by atoms with Crippen LogP contribution in [-0.4, -0.2) is 65.9 Å². The van der Waals surface area contributed by atoms with Crippen LogP contribution in [0.1, 0.15) is 6.42 Å². The fourth-order valence-electron chi connectivity index (χ4n) is 0.939. The van der Waals surface area contributed by atoms with E-state index in [-0.39, 0.29) is 6.42 Å². The maximum Gasteiger partial charge on any atom is 0.334 e. The van der Waals surface area contributed by atoms with Crippen LogP contribution in [0.15, 0.2) is 12.7 Å². The summed E-state index contributed by atoms with van der Waals surface area (Å²) in [4.78, 5) is 31.3. The fourth-order valence-corrected chi connectivity index (χ4v) is 1.46. The molecule has 11 heteroatoms. The van der Waals surface area contributed by atoms with Crippen molar-refractivity contribution in [1.29, 1.82) is 0 Å². The monoisotopic (exact) mass is 322 g/mol. The zero-order chi connectivity index (χ0) is 15.5. The van der Waals surface area contributed by atoms with E-state index in [0.29, 0.717) is 0 Å². The van der Waals surface area contributed by atoms with Gasteiger partial charge in [-0.15, -0.1) is 6.58 Å². The minimum Gasteiger partial charge on any atom is -0.396 e. The standard InChI is InChI=1S/C8H16O4.H4O5P2/c1-2-3-7(12)8(4-9,5-10)6-11;1-6(2)5-7(3)4/h2,7,9-12H,1,3-6H2;1-4H. The first kappa shape index (κ1) is 21.5. The van der Waals surface area contributed by atoms with Gasteiger partial charge in [0.05, 0.1) is 31.3 Å². The average Bonchev–Trinajstić information content (AvgIpc) is 2.31. The first-order chi connectivity index (χ1) is 8.79. The second kappa shape index (κ2) is 12.0. The maximum absolute atomic E-state index is 9.41. The Kier molecular flexibility index (Phi) is 13.6. The molecular weight excluding hydrogens is 302 g/mol. The highest BCUT2D eigenvalue weighted by Gasteiger charge is 2.35. The average molecular weight is 322 g/mol. The SMILES string of the molecule is C=CCC(O)C(CO)(CO)CO.OP(O)OP(O)O. The normalized spacial score (nSPS) is 13.2. The number of aliphatic hydroxyl groups is 4. The van der Waals surface area contributed by atoms with E-state index in [9.17, 15) is 5.11 Å². The molecule has 0 aliphatic heterocycles. The Balaban J connectivity index is 0. The Morgan fingerprint density at radius 3 is 1.53 bits per heavy atom. The largest absolute Gasteiger partial charge is 0.396 e. The van der Waals surface area contributed by atoms with Crippen molar-refractivity contribution in [2.24, 2.45) is 5.41 Å². The molecule has 0 spiro atoms. The molecule has 0 bridgehead atoms. The highest BCUT2D eigenvalue weighted by atomic mass is 31.2. The Morgan fingerprint density at radius 2 is 1.37 bits per heavy atom. The van der Waals surface area contributed by atoms with Crippen molar-refractivity contribution >= 4 is 17.2 Å². The van der Waals surface area contributed by atoms with Crippen molar-refractivity contribution in [3.63, 3.8) is 0 Å². The minimum absolute atomic E-state index is 0.238. The molecule has 0 heterocycles. The molecule has 0 amide bonds. The molecule has 116 valence electrons. The molecule has 0 aliphatic carbocycles. The molecule has 9 nitrogen and oxygen atoms in total. The Bertz CT molecular complexity index is 208. The molecule has 1 unspecified atom stereocenters. The van der Waals surface area contributed by atoms with E-state index in [1.807, 2.05) is 0 Å². The molecule has 0 radical (unpaired) electrons. The van der Waals surface area contributed by atoms with E-state index >= 15 is 0 Å². The quantitative estimate of drug-likeness (QED) is 0.192. The summed E-state index contributed by atoms with van der Waals surface area (Å²) in [6.07, 6.45) is 0.747. The summed E-state index contributed by atoms with van der Waals surface area (Å²) >= 11 is 0. The molecule has 0 saturated heterocycles. The second-order valence-electron chi connectivity index (χ2n) is 3.46. The molecule has 0 aromatic rings. The summed E-state index contributed by atoms with van der Waals surface area (Å²) in [5.41, 5.74) is -1.21. The lowest BCUT2D eigenvalue weighted by Gasteiger charge is -2.31.